The predicted molar refractivity (Wildman–Crippen MR) is 65.0 cm³/mol. The Morgan fingerprint density at radius 3 is 2.06 bits per heavy atom. The largest absolute Gasteiger partial charge is 0.392 e. The molecule has 0 aliphatic rings. The Kier molecular flexibility index (Phi) is 3.46. The summed E-state index contributed by atoms with van der Waals surface area (Å²) in [5.41, 5.74) is 10.6. The smallest absolute Gasteiger partial charge is 0.379 e. The second kappa shape index (κ2) is 5.21. The molecule has 0 heterocycles. The molecule has 2 aromatic rings. The minimum absolute atomic E-state index is 0.0268. The molecule has 0 fully saturated rings. The zero-order chi connectivity index (χ0) is 12.1. The van der Waals surface area contributed by atoms with Crippen LogP contribution in [0.1, 0.15) is 16.7 Å². The van der Waals surface area contributed by atoms with Crippen LogP contribution < -0.4 is 0 Å². The summed E-state index contributed by atoms with van der Waals surface area (Å²) in [5.74, 6) is 0. The van der Waals surface area contributed by atoms with E-state index in [1.54, 1.807) is 0 Å². The van der Waals surface area contributed by atoms with Gasteiger partial charge in [0, 0.05) is 0 Å². The van der Waals surface area contributed by atoms with Crippen LogP contribution in [-0.2, 0) is 6.61 Å². The molecule has 0 saturated heterocycles. The fraction of sp³-hybridized carbons (Fsp3) is 0.0714. The standard InChI is InChI=1S/C14H13N2O/c15-16-14(12-4-2-1-3-5-12)13-8-6-11(10-17)7-9-13/h1-9,15,17H,10H2/q+1. The summed E-state index contributed by atoms with van der Waals surface area (Å²) in [6, 6.07) is 17.0. The van der Waals surface area contributed by atoms with Crippen LogP contribution in [0.3, 0.4) is 0 Å². The number of nitrogens with zero attached hydrogens (tertiary/aromatic N) is 1. The van der Waals surface area contributed by atoms with Gasteiger partial charge in [0.1, 0.15) is 0 Å². The number of aliphatic hydroxyl groups is 1. The zero-order valence-corrected chi connectivity index (χ0v) is 9.30. The summed E-state index contributed by atoms with van der Waals surface area (Å²) >= 11 is 0. The van der Waals surface area contributed by atoms with E-state index < -0.39 is 0 Å². The summed E-state index contributed by atoms with van der Waals surface area (Å²) < 4.78 is 0. The Balaban J connectivity index is 2.40. The molecule has 2 N–H and O–H groups in total. The van der Waals surface area contributed by atoms with E-state index in [9.17, 15) is 0 Å². The molecule has 3 nitrogen and oxygen atoms in total. The summed E-state index contributed by atoms with van der Waals surface area (Å²) in [6.07, 6.45) is 0. The Labute approximate surface area is 99.6 Å². The van der Waals surface area contributed by atoms with Crippen LogP contribution in [0.4, 0.5) is 0 Å². The SMILES string of the molecule is N=[N+]=C(c1ccccc1)c1ccc(CO)cc1. The highest BCUT2D eigenvalue weighted by Crippen LogP contribution is 2.10. The third kappa shape index (κ3) is 2.48. The van der Waals surface area contributed by atoms with E-state index in [1.165, 1.54) is 0 Å². The van der Waals surface area contributed by atoms with Gasteiger partial charge in [0.15, 0.2) is 0 Å². The van der Waals surface area contributed by atoms with Gasteiger partial charge < -0.3 is 5.11 Å². The first-order valence-electron chi connectivity index (χ1n) is 5.35. The molecule has 2 aromatic carbocycles. The third-order valence-corrected chi connectivity index (χ3v) is 2.57. The van der Waals surface area contributed by atoms with Crippen LogP contribution in [0, 0.1) is 5.53 Å². The summed E-state index contributed by atoms with van der Waals surface area (Å²) in [6.45, 7) is 0.0268. The molecule has 0 aliphatic carbocycles. The highest BCUT2D eigenvalue weighted by Gasteiger charge is 2.16. The molecule has 0 atom stereocenters. The van der Waals surface area contributed by atoms with Crippen molar-refractivity contribution in [1.29, 1.82) is 5.53 Å². The van der Waals surface area contributed by atoms with Crippen LogP contribution in [0.5, 0.6) is 0 Å². The van der Waals surface area contributed by atoms with Crippen LogP contribution in [0.25, 0.3) is 0 Å². The highest BCUT2D eigenvalue weighted by atomic mass is 16.3. The minimum Gasteiger partial charge on any atom is -0.392 e. The van der Waals surface area contributed by atoms with Crippen LogP contribution in [0.2, 0.25) is 0 Å². The van der Waals surface area contributed by atoms with Crippen molar-refractivity contribution in [3.05, 3.63) is 71.3 Å². The molecule has 0 aliphatic heterocycles. The van der Waals surface area contributed by atoms with Crippen molar-refractivity contribution in [2.45, 2.75) is 6.61 Å². The lowest BCUT2D eigenvalue weighted by Crippen LogP contribution is -2.04. The van der Waals surface area contributed by atoms with Gasteiger partial charge in [-0.3, -0.25) is 0 Å². The van der Waals surface area contributed by atoms with Crippen LogP contribution >= 0.6 is 0 Å². The second-order valence-corrected chi connectivity index (χ2v) is 3.68. The van der Waals surface area contributed by atoms with E-state index in [4.69, 9.17) is 10.6 Å². The van der Waals surface area contributed by atoms with Gasteiger partial charge in [0.25, 0.3) is 0 Å². The van der Waals surface area contributed by atoms with Crippen molar-refractivity contribution in [2.24, 2.45) is 0 Å². The molecule has 0 amide bonds. The molecule has 17 heavy (non-hydrogen) atoms. The Bertz CT molecular complexity index is 540. The quantitative estimate of drug-likeness (QED) is 0.470. The molecule has 0 bridgehead atoms. The Morgan fingerprint density at radius 1 is 0.941 bits per heavy atom. The van der Waals surface area contributed by atoms with E-state index >= 15 is 0 Å². The van der Waals surface area contributed by atoms with Crippen molar-refractivity contribution in [3.8, 4) is 0 Å². The van der Waals surface area contributed by atoms with Crippen LogP contribution in [-0.4, -0.2) is 15.6 Å². The van der Waals surface area contributed by atoms with Crippen molar-refractivity contribution < 1.29 is 9.90 Å². The van der Waals surface area contributed by atoms with Gasteiger partial charge in [-0.1, -0.05) is 30.3 Å². The highest BCUT2D eigenvalue weighted by molar-refractivity contribution is 6.09. The summed E-state index contributed by atoms with van der Waals surface area (Å²) in [4.78, 5) is 3.59. The summed E-state index contributed by atoms with van der Waals surface area (Å²) in [7, 11) is 0. The molecule has 2 rings (SSSR count). The molecule has 0 spiro atoms. The number of nitrogens with one attached hydrogen (secondary N) is 1. The molecular weight excluding hydrogens is 212 g/mol. The number of rotatable bonds is 3. The Hall–Kier alpha value is -2.22. The average Bonchev–Trinajstić information content (AvgIpc) is 2.42. The fourth-order valence-electron chi connectivity index (χ4n) is 1.66. The molecule has 84 valence electrons. The topological polar surface area (TPSA) is 58.2 Å². The molecule has 3 heteroatoms. The molecule has 0 radical (unpaired) electrons. The fourth-order valence-corrected chi connectivity index (χ4v) is 1.66. The number of hydrogen-bond donors (Lipinski definition) is 2. The third-order valence-electron chi connectivity index (χ3n) is 2.57. The first kappa shape index (κ1) is 11.3. The number of hydrogen-bond acceptors (Lipinski definition) is 2. The minimum atomic E-state index is 0.0268. The van der Waals surface area contributed by atoms with Gasteiger partial charge in [-0.2, -0.15) is 0 Å². The van der Waals surface area contributed by atoms with Crippen molar-refractivity contribution in [3.63, 3.8) is 0 Å². The maximum atomic E-state index is 8.97. The number of benzene rings is 2. The lowest BCUT2D eigenvalue weighted by Gasteiger charge is -1.97. The molecule has 0 unspecified atom stereocenters. The lowest BCUT2D eigenvalue weighted by atomic mass is 10.0. The first-order valence-corrected chi connectivity index (χ1v) is 5.35. The maximum Gasteiger partial charge on any atom is 0.379 e. The van der Waals surface area contributed by atoms with E-state index in [0.717, 1.165) is 16.7 Å². The Morgan fingerprint density at radius 2 is 1.53 bits per heavy atom. The van der Waals surface area contributed by atoms with Crippen molar-refractivity contribution in [1.82, 2.24) is 0 Å². The maximum absolute atomic E-state index is 8.97. The van der Waals surface area contributed by atoms with Crippen molar-refractivity contribution >= 4 is 5.71 Å². The van der Waals surface area contributed by atoms with Gasteiger partial charge in [-0.15, -0.1) is 0 Å². The summed E-state index contributed by atoms with van der Waals surface area (Å²) in [5, 5.41) is 8.97. The average molecular weight is 225 g/mol. The second-order valence-electron chi connectivity index (χ2n) is 3.68. The molecule has 0 saturated carbocycles. The van der Waals surface area contributed by atoms with Gasteiger partial charge in [-0.05, 0) is 29.8 Å². The molecule has 0 aromatic heterocycles. The first-order chi connectivity index (χ1) is 8.35. The predicted octanol–water partition coefficient (Wildman–Crippen LogP) is 2.26. The van der Waals surface area contributed by atoms with Gasteiger partial charge in [0.2, 0.25) is 0 Å². The lowest BCUT2D eigenvalue weighted by molar-refractivity contribution is -0.117. The van der Waals surface area contributed by atoms with E-state index in [1.807, 2.05) is 54.6 Å². The van der Waals surface area contributed by atoms with E-state index in [0.29, 0.717) is 5.71 Å². The number of aliphatic hydroxyl groups excluding tert-OH is 1. The van der Waals surface area contributed by atoms with E-state index in [2.05, 4.69) is 4.79 Å². The molecular formula is C14H13N2O+. The van der Waals surface area contributed by atoms with Crippen molar-refractivity contribution in [2.75, 3.05) is 0 Å². The monoisotopic (exact) mass is 225 g/mol. The van der Waals surface area contributed by atoms with Gasteiger partial charge >= 0.3 is 5.71 Å². The van der Waals surface area contributed by atoms with E-state index in [-0.39, 0.29) is 6.61 Å². The normalized spacial score (nSPS) is 9.71. The van der Waals surface area contributed by atoms with Crippen LogP contribution in [0.15, 0.2) is 54.6 Å². The van der Waals surface area contributed by atoms with Gasteiger partial charge in [-0.25, -0.2) is 0 Å². The van der Waals surface area contributed by atoms with Gasteiger partial charge in [0.05, 0.1) is 28.1 Å². The zero-order valence-electron chi connectivity index (χ0n) is 9.30.